The van der Waals surface area contributed by atoms with Crippen LogP contribution in [0.2, 0.25) is 0 Å². The third kappa shape index (κ3) is 4.78. The van der Waals surface area contributed by atoms with Gasteiger partial charge in [0.05, 0.1) is 0 Å². The van der Waals surface area contributed by atoms with Crippen molar-refractivity contribution in [1.82, 2.24) is 20.4 Å². The lowest BCUT2D eigenvalue weighted by atomic mass is 9.89. The normalized spacial score (nSPS) is 16.2. The molecule has 1 unspecified atom stereocenters. The topological polar surface area (TPSA) is 136 Å². The molecule has 0 aliphatic carbocycles. The predicted octanol–water partition coefficient (Wildman–Crippen LogP) is 1.90. The molecule has 1 fully saturated rings. The summed E-state index contributed by atoms with van der Waals surface area (Å²) in [6, 6.07) is 2.16. The van der Waals surface area contributed by atoms with Gasteiger partial charge >= 0.3 is 12.3 Å². The molecule has 0 saturated carbocycles. The number of hydrogen-bond acceptors (Lipinski definition) is 8. The van der Waals surface area contributed by atoms with Crippen molar-refractivity contribution in [3.63, 3.8) is 0 Å². The molecular formula is C17H19F3N6O4. The maximum atomic E-state index is 12.9. The van der Waals surface area contributed by atoms with Crippen LogP contribution in [0.5, 0.6) is 0 Å². The summed E-state index contributed by atoms with van der Waals surface area (Å²) in [4.78, 5) is 32.2. The van der Waals surface area contributed by atoms with E-state index in [0.717, 1.165) is 12.3 Å². The van der Waals surface area contributed by atoms with Crippen molar-refractivity contribution >= 4 is 17.9 Å². The molecule has 2 aromatic rings. The monoisotopic (exact) mass is 428 g/mol. The van der Waals surface area contributed by atoms with Gasteiger partial charge in [-0.1, -0.05) is 5.16 Å². The van der Waals surface area contributed by atoms with Gasteiger partial charge in [-0.3, -0.25) is 4.79 Å². The second-order valence-corrected chi connectivity index (χ2v) is 6.62. The van der Waals surface area contributed by atoms with Crippen molar-refractivity contribution in [2.75, 3.05) is 25.0 Å². The first-order valence-corrected chi connectivity index (χ1v) is 8.99. The van der Waals surface area contributed by atoms with Crippen molar-refractivity contribution in [2.45, 2.75) is 25.1 Å². The molecule has 1 aliphatic heterocycles. The van der Waals surface area contributed by atoms with Crippen LogP contribution >= 0.6 is 0 Å². The van der Waals surface area contributed by atoms with Crippen LogP contribution in [0.4, 0.5) is 23.9 Å². The van der Waals surface area contributed by atoms with E-state index in [-0.39, 0.29) is 23.3 Å². The number of anilines is 1. The minimum absolute atomic E-state index is 0.0142. The Morgan fingerprint density at radius 3 is 2.67 bits per heavy atom. The summed E-state index contributed by atoms with van der Waals surface area (Å²) in [5.74, 6) is -0.609. The Labute approximate surface area is 168 Å². The molecule has 0 aromatic carbocycles. The Balaban J connectivity index is 1.73. The molecule has 30 heavy (non-hydrogen) atoms. The molecule has 2 aromatic heterocycles. The van der Waals surface area contributed by atoms with E-state index in [1.807, 2.05) is 0 Å². The number of piperidine rings is 1. The highest BCUT2D eigenvalue weighted by molar-refractivity contribution is 5.91. The largest absolute Gasteiger partial charge is 0.438 e. The molecule has 3 N–H and O–H groups in total. The van der Waals surface area contributed by atoms with Crippen LogP contribution < -0.4 is 16.0 Å². The molecule has 13 heteroatoms. The minimum atomic E-state index is -4.56. The van der Waals surface area contributed by atoms with Gasteiger partial charge in [0.2, 0.25) is 5.95 Å². The highest BCUT2D eigenvalue weighted by Gasteiger charge is 2.36. The van der Waals surface area contributed by atoms with E-state index >= 15 is 0 Å². The summed E-state index contributed by atoms with van der Waals surface area (Å²) in [5, 5.41) is 6.05. The van der Waals surface area contributed by atoms with Crippen LogP contribution in [-0.4, -0.2) is 47.3 Å². The van der Waals surface area contributed by atoms with Crippen LogP contribution in [0.1, 0.15) is 40.9 Å². The van der Waals surface area contributed by atoms with Crippen LogP contribution in [0.15, 0.2) is 22.9 Å². The predicted molar refractivity (Wildman–Crippen MR) is 95.3 cm³/mol. The van der Waals surface area contributed by atoms with Gasteiger partial charge in [-0.15, -0.1) is 0 Å². The van der Waals surface area contributed by atoms with Gasteiger partial charge in [0.25, 0.3) is 5.91 Å². The molecule has 3 rings (SSSR count). The van der Waals surface area contributed by atoms with Gasteiger partial charge in [0.1, 0.15) is 5.69 Å². The standard InChI is InChI=1S/C17H19F3N6O4/c1-22-14(27)10-8-11(30-25-10)13(29-15(21)28)9-3-6-26(7-4-9)16-23-5-2-12(24-16)17(18,19)20/h2,5,8-9,13H,3-4,6-7H2,1H3,(H2,21,28)(H,22,27). The Morgan fingerprint density at radius 1 is 1.37 bits per heavy atom. The van der Waals surface area contributed by atoms with Crippen LogP contribution in [0, 0.1) is 5.92 Å². The van der Waals surface area contributed by atoms with E-state index in [9.17, 15) is 22.8 Å². The highest BCUT2D eigenvalue weighted by Crippen LogP contribution is 2.35. The average Bonchev–Trinajstić information content (AvgIpc) is 3.21. The summed E-state index contributed by atoms with van der Waals surface area (Å²) in [7, 11) is 1.43. The molecule has 1 atom stereocenters. The maximum Gasteiger partial charge on any atom is 0.433 e. The smallest absolute Gasteiger partial charge is 0.433 e. The minimum Gasteiger partial charge on any atom is -0.438 e. The number of primary amides is 1. The number of nitrogens with zero attached hydrogens (tertiary/aromatic N) is 4. The van der Waals surface area contributed by atoms with E-state index in [2.05, 4.69) is 20.4 Å². The molecule has 10 nitrogen and oxygen atoms in total. The average molecular weight is 428 g/mol. The number of nitrogens with one attached hydrogen (secondary N) is 1. The molecule has 0 radical (unpaired) electrons. The zero-order valence-corrected chi connectivity index (χ0v) is 15.8. The molecule has 0 bridgehead atoms. The Morgan fingerprint density at radius 2 is 2.07 bits per heavy atom. The summed E-state index contributed by atoms with van der Waals surface area (Å²) in [6.07, 6.45) is -4.57. The Kier molecular flexibility index (Phi) is 6.08. The van der Waals surface area contributed by atoms with Crippen molar-refractivity contribution in [1.29, 1.82) is 0 Å². The summed E-state index contributed by atoms with van der Waals surface area (Å²) in [5.41, 5.74) is 4.16. The molecule has 1 aliphatic rings. The summed E-state index contributed by atoms with van der Waals surface area (Å²) >= 11 is 0. The molecule has 2 amide bonds. The lowest BCUT2D eigenvalue weighted by Gasteiger charge is -2.34. The number of carbonyl (C=O) groups excluding carboxylic acids is 2. The number of nitrogens with two attached hydrogens (primary N) is 1. The summed E-state index contributed by atoms with van der Waals surface area (Å²) in [6.45, 7) is 0.641. The van der Waals surface area contributed by atoms with E-state index in [1.54, 1.807) is 4.90 Å². The zero-order valence-electron chi connectivity index (χ0n) is 15.8. The van der Waals surface area contributed by atoms with Gasteiger partial charge in [0.15, 0.2) is 17.6 Å². The third-order valence-corrected chi connectivity index (χ3v) is 4.70. The van der Waals surface area contributed by atoms with Crippen molar-refractivity contribution in [3.8, 4) is 0 Å². The number of ether oxygens (including phenoxy) is 1. The first-order valence-electron chi connectivity index (χ1n) is 8.99. The summed E-state index contributed by atoms with van der Waals surface area (Å²) < 4.78 is 49.0. The number of hydrogen-bond donors (Lipinski definition) is 2. The maximum absolute atomic E-state index is 12.9. The third-order valence-electron chi connectivity index (χ3n) is 4.70. The number of carbonyl (C=O) groups is 2. The molecule has 0 spiro atoms. The lowest BCUT2D eigenvalue weighted by Crippen LogP contribution is -2.38. The first-order chi connectivity index (χ1) is 14.2. The van der Waals surface area contributed by atoms with E-state index in [1.165, 1.54) is 13.1 Å². The second kappa shape index (κ2) is 8.55. The highest BCUT2D eigenvalue weighted by atomic mass is 19.4. The van der Waals surface area contributed by atoms with Crippen LogP contribution in [0.25, 0.3) is 0 Å². The van der Waals surface area contributed by atoms with E-state index in [4.69, 9.17) is 15.0 Å². The van der Waals surface area contributed by atoms with Gasteiger partial charge in [-0.05, 0) is 18.9 Å². The van der Waals surface area contributed by atoms with Crippen LogP contribution in [0.3, 0.4) is 0 Å². The van der Waals surface area contributed by atoms with Gasteiger partial charge in [-0.2, -0.15) is 13.2 Å². The van der Waals surface area contributed by atoms with Gasteiger partial charge < -0.3 is 25.2 Å². The Bertz CT molecular complexity index is 911. The number of alkyl halides is 3. The molecule has 1 saturated heterocycles. The van der Waals surface area contributed by atoms with E-state index in [0.29, 0.717) is 25.9 Å². The number of aromatic nitrogens is 3. The molecular weight excluding hydrogens is 409 g/mol. The van der Waals surface area contributed by atoms with Crippen LogP contribution in [-0.2, 0) is 10.9 Å². The SMILES string of the molecule is CNC(=O)c1cc(C(OC(N)=O)C2CCN(c3nccc(C(F)(F)F)n3)CC2)on1. The van der Waals surface area contributed by atoms with Gasteiger partial charge in [0, 0.05) is 38.3 Å². The fourth-order valence-corrected chi connectivity index (χ4v) is 3.23. The van der Waals surface area contributed by atoms with Crippen molar-refractivity contribution < 1.29 is 32.0 Å². The number of amides is 2. The number of halogens is 3. The zero-order chi connectivity index (χ0) is 21.9. The van der Waals surface area contributed by atoms with E-state index < -0.39 is 30.0 Å². The fourth-order valence-electron chi connectivity index (χ4n) is 3.23. The lowest BCUT2D eigenvalue weighted by molar-refractivity contribution is -0.141. The molecule has 3 heterocycles. The first kappa shape index (κ1) is 21.3. The van der Waals surface area contributed by atoms with Crippen molar-refractivity contribution in [3.05, 3.63) is 35.5 Å². The quantitative estimate of drug-likeness (QED) is 0.737. The van der Waals surface area contributed by atoms with Gasteiger partial charge in [-0.25, -0.2) is 14.8 Å². The fraction of sp³-hybridized carbons (Fsp3) is 0.471. The number of rotatable bonds is 5. The second-order valence-electron chi connectivity index (χ2n) is 6.62. The van der Waals surface area contributed by atoms with Crippen molar-refractivity contribution in [2.24, 2.45) is 11.7 Å². The Hall–Kier alpha value is -3.38. The molecule has 162 valence electrons.